The van der Waals surface area contributed by atoms with Gasteiger partial charge in [-0.1, -0.05) is 11.2 Å². The average molecular weight is 446 g/mol. The first kappa shape index (κ1) is 21.7. The fourth-order valence-electron chi connectivity index (χ4n) is 4.38. The van der Waals surface area contributed by atoms with Gasteiger partial charge < -0.3 is 14.2 Å². The second kappa shape index (κ2) is 8.92. The number of nitrogens with zero attached hydrogens (tertiary/aromatic N) is 3. The lowest BCUT2D eigenvalue weighted by Gasteiger charge is -2.37. The van der Waals surface area contributed by atoms with Crippen LogP contribution in [0, 0.1) is 12.8 Å². The molecule has 1 amide bonds. The van der Waals surface area contributed by atoms with E-state index < -0.39 is 11.9 Å². The largest absolute Gasteiger partial charge is 0.452 e. The fraction of sp³-hybridized carbons (Fsp3) is 0.700. The average Bonchev–Trinajstić information content (AvgIpc) is 3.35. The highest BCUT2D eigenvalue weighted by Gasteiger charge is 2.41. The lowest BCUT2D eigenvalue weighted by Crippen LogP contribution is -2.46. The lowest BCUT2D eigenvalue weighted by atomic mass is 9.97. The Hall–Kier alpha value is -1.52. The van der Waals surface area contributed by atoms with Crippen molar-refractivity contribution in [2.24, 2.45) is 5.92 Å². The third kappa shape index (κ3) is 4.70. The highest BCUT2D eigenvalue weighted by Crippen LogP contribution is 2.46. The molecule has 0 spiro atoms. The molecule has 0 aliphatic carbocycles. The molecular formula is C20H26F3N3O3S. The molecule has 0 bridgehead atoms. The lowest BCUT2D eigenvalue weighted by molar-refractivity contribution is -0.156. The van der Waals surface area contributed by atoms with Crippen molar-refractivity contribution in [3.63, 3.8) is 0 Å². The van der Waals surface area contributed by atoms with Crippen LogP contribution in [0.15, 0.2) is 15.5 Å². The van der Waals surface area contributed by atoms with Crippen LogP contribution in [-0.2, 0) is 15.7 Å². The van der Waals surface area contributed by atoms with Crippen molar-refractivity contribution < 1.29 is 27.2 Å². The van der Waals surface area contributed by atoms with E-state index in [1.807, 2.05) is 11.0 Å². The molecule has 30 heavy (non-hydrogen) atoms. The Kier molecular flexibility index (Phi) is 6.45. The molecular weight excluding hydrogens is 419 g/mol. The number of piperidine rings is 1. The molecule has 6 nitrogen and oxygen atoms in total. The number of likely N-dealkylation sites (tertiary alicyclic amines) is 1. The minimum Gasteiger partial charge on any atom is -0.379 e. The predicted octanol–water partition coefficient (Wildman–Crippen LogP) is 3.63. The molecule has 4 heterocycles. The van der Waals surface area contributed by atoms with Crippen molar-refractivity contribution in [3.05, 3.63) is 28.0 Å². The van der Waals surface area contributed by atoms with Crippen LogP contribution >= 0.6 is 11.8 Å². The second-order valence-corrected chi connectivity index (χ2v) is 9.35. The number of alkyl halides is 3. The van der Waals surface area contributed by atoms with Crippen LogP contribution in [-0.4, -0.2) is 66.8 Å². The van der Waals surface area contributed by atoms with E-state index in [1.54, 1.807) is 0 Å². The maximum atomic E-state index is 13.0. The van der Waals surface area contributed by atoms with E-state index in [0.29, 0.717) is 17.2 Å². The Labute approximate surface area is 177 Å². The van der Waals surface area contributed by atoms with Gasteiger partial charge in [0.25, 0.3) is 5.91 Å². The first-order chi connectivity index (χ1) is 14.3. The van der Waals surface area contributed by atoms with Gasteiger partial charge in [0.2, 0.25) is 5.76 Å². The molecule has 0 radical (unpaired) electrons. The zero-order chi connectivity index (χ0) is 21.3. The fourth-order valence-corrected chi connectivity index (χ4v) is 5.64. The van der Waals surface area contributed by atoms with E-state index in [9.17, 15) is 18.0 Å². The topological polar surface area (TPSA) is 58.8 Å². The van der Waals surface area contributed by atoms with E-state index in [-0.39, 0.29) is 22.4 Å². The Bertz CT molecular complexity index is 805. The van der Waals surface area contributed by atoms with E-state index >= 15 is 0 Å². The van der Waals surface area contributed by atoms with Crippen LogP contribution in [0.2, 0.25) is 0 Å². The third-order valence-electron chi connectivity index (χ3n) is 5.95. The van der Waals surface area contributed by atoms with Gasteiger partial charge in [0.15, 0.2) is 0 Å². The van der Waals surface area contributed by atoms with Crippen molar-refractivity contribution in [1.82, 2.24) is 15.0 Å². The van der Waals surface area contributed by atoms with Crippen LogP contribution < -0.4 is 0 Å². The number of carbonyl (C=O) groups is 1. The summed E-state index contributed by atoms with van der Waals surface area (Å²) in [5.74, 6) is -0.637. The molecule has 2 atom stereocenters. The van der Waals surface area contributed by atoms with Crippen LogP contribution in [0.1, 0.15) is 41.5 Å². The van der Waals surface area contributed by atoms with Gasteiger partial charge in [-0.05, 0) is 32.1 Å². The molecule has 2 fully saturated rings. The summed E-state index contributed by atoms with van der Waals surface area (Å²) in [6.07, 6.45) is -0.187. The molecule has 4 rings (SSSR count). The van der Waals surface area contributed by atoms with Crippen LogP contribution in [0.25, 0.3) is 0 Å². The molecule has 0 aromatic carbocycles. The van der Waals surface area contributed by atoms with Gasteiger partial charge >= 0.3 is 6.18 Å². The van der Waals surface area contributed by atoms with Gasteiger partial charge in [-0.15, -0.1) is 11.8 Å². The summed E-state index contributed by atoms with van der Waals surface area (Å²) < 4.78 is 48.9. The van der Waals surface area contributed by atoms with E-state index in [4.69, 9.17) is 4.74 Å². The minimum atomic E-state index is -4.56. The minimum absolute atomic E-state index is 0.00523. The van der Waals surface area contributed by atoms with Gasteiger partial charge in [-0.3, -0.25) is 9.69 Å². The van der Waals surface area contributed by atoms with E-state index in [1.165, 1.54) is 18.7 Å². The highest BCUT2D eigenvalue weighted by molar-refractivity contribution is 8.04. The van der Waals surface area contributed by atoms with Crippen LogP contribution in [0.4, 0.5) is 13.2 Å². The number of thioether (sulfide) groups is 1. The summed E-state index contributed by atoms with van der Waals surface area (Å²) in [7, 11) is 0. The first-order valence-corrected chi connectivity index (χ1v) is 11.2. The SMILES string of the molecule is Cc1c(C2CC=C(C(=O)N3CCCC(CN4CCOCC4)C3)S2)noc1C(F)(F)F. The molecule has 3 aliphatic heterocycles. The number of rotatable bonds is 4. The number of carbonyl (C=O) groups excluding carboxylic acids is 1. The number of hydrogen-bond donors (Lipinski definition) is 0. The van der Waals surface area contributed by atoms with Crippen molar-refractivity contribution in [3.8, 4) is 0 Å². The Morgan fingerprint density at radius 3 is 2.77 bits per heavy atom. The summed E-state index contributed by atoms with van der Waals surface area (Å²) in [6, 6.07) is 0. The number of halogens is 3. The third-order valence-corrected chi connectivity index (χ3v) is 7.24. The van der Waals surface area contributed by atoms with Crippen LogP contribution in [0.3, 0.4) is 0 Å². The molecule has 3 aliphatic rings. The number of allylic oxidation sites excluding steroid dienone is 1. The second-order valence-electron chi connectivity index (χ2n) is 8.10. The van der Waals surface area contributed by atoms with Gasteiger partial charge in [0, 0.05) is 38.3 Å². The molecule has 2 saturated heterocycles. The Morgan fingerprint density at radius 1 is 1.30 bits per heavy atom. The smallest absolute Gasteiger partial charge is 0.379 e. The predicted molar refractivity (Wildman–Crippen MR) is 106 cm³/mol. The molecule has 0 N–H and O–H groups in total. The van der Waals surface area contributed by atoms with Gasteiger partial charge in [-0.25, -0.2) is 0 Å². The maximum absolute atomic E-state index is 13.0. The molecule has 2 unspecified atom stereocenters. The van der Waals surface area contributed by atoms with Gasteiger partial charge in [0.1, 0.15) is 5.69 Å². The highest BCUT2D eigenvalue weighted by atomic mass is 32.2. The van der Waals surface area contributed by atoms with Crippen molar-refractivity contribution in [2.75, 3.05) is 45.9 Å². The zero-order valence-corrected chi connectivity index (χ0v) is 17.7. The van der Waals surface area contributed by atoms with Gasteiger partial charge in [-0.2, -0.15) is 13.2 Å². The number of aromatic nitrogens is 1. The standard InChI is InChI=1S/C20H26F3N3O3S/c1-13-17(24-29-18(13)20(21,22)23)15-4-5-16(30-15)19(27)26-6-2-3-14(12-26)11-25-7-9-28-10-8-25/h5,14-15H,2-4,6-12H2,1H3. The summed E-state index contributed by atoms with van der Waals surface area (Å²) in [6.45, 7) is 7.18. The summed E-state index contributed by atoms with van der Waals surface area (Å²) in [5, 5.41) is 3.34. The first-order valence-electron chi connectivity index (χ1n) is 10.3. The quantitative estimate of drug-likeness (QED) is 0.706. The molecule has 0 saturated carbocycles. The Balaban J connectivity index is 1.35. The van der Waals surface area contributed by atoms with E-state index in [2.05, 4.69) is 14.6 Å². The number of morpholine rings is 1. The monoisotopic (exact) mass is 445 g/mol. The molecule has 1 aromatic heterocycles. The molecule has 1 aromatic rings. The van der Waals surface area contributed by atoms with Crippen molar-refractivity contribution in [2.45, 2.75) is 37.6 Å². The summed E-state index contributed by atoms with van der Waals surface area (Å²) in [4.78, 5) is 17.9. The van der Waals surface area contributed by atoms with E-state index in [0.717, 1.165) is 58.8 Å². The van der Waals surface area contributed by atoms with Gasteiger partial charge in [0.05, 0.1) is 23.4 Å². The Morgan fingerprint density at radius 2 is 2.07 bits per heavy atom. The maximum Gasteiger partial charge on any atom is 0.452 e. The number of amides is 1. The number of hydrogen-bond acceptors (Lipinski definition) is 6. The van der Waals surface area contributed by atoms with Crippen molar-refractivity contribution in [1.29, 1.82) is 0 Å². The van der Waals surface area contributed by atoms with Crippen LogP contribution in [0.5, 0.6) is 0 Å². The summed E-state index contributed by atoms with van der Waals surface area (Å²) >= 11 is 1.29. The normalized spacial score (nSPS) is 26.1. The molecule has 166 valence electrons. The van der Waals surface area contributed by atoms with Crippen molar-refractivity contribution >= 4 is 17.7 Å². The molecule has 10 heteroatoms. The number of ether oxygens (including phenoxy) is 1. The summed E-state index contributed by atoms with van der Waals surface area (Å²) in [5.41, 5.74) is 0.279. The zero-order valence-electron chi connectivity index (χ0n) is 16.9.